The second kappa shape index (κ2) is 3.35. The number of aliphatic hydroxyl groups excluding tert-OH is 1. The van der Waals surface area contributed by atoms with Gasteiger partial charge in [0.05, 0.1) is 11.7 Å². The summed E-state index contributed by atoms with van der Waals surface area (Å²) in [5, 5.41) is 19.6. The first kappa shape index (κ1) is 9.65. The molecule has 0 aromatic heterocycles. The van der Waals surface area contributed by atoms with Crippen LogP contribution in [-0.2, 0) is 5.60 Å². The van der Waals surface area contributed by atoms with Crippen molar-refractivity contribution in [2.24, 2.45) is 5.73 Å². The standard InChI is InChI=1S/C11H15NO2/c12-7-10(13)8-3-1-2-4-9(8)11(14)5-6-11/h1-4,10,13-14H,5-7,12H2. The molecule has 1 aromatic carbocycles. The summed E-state index contributed by atoms with van der Waals surface area (Å²) < 4.78 is 0. The van der Waals surface area contributed by atoms with Gasteiger partial charge in [-0.2, -0.15) is 0 Å². The van der Waals surface area contributed by atoms with Crippen molar-refractivity contribution in [2.45, 2.75) is 24.5 Å². The molecular weight excluding hydrogens is 178 g/mol. The van der Waals surface area contributed by atoms with Crippen molar-refractivity contribution in [1.82, 2.24) is 0 Å². The van der Waals surface area contributed by atoms with E-state index in [4.69, 9.17) is 5.73 Å². The lowest BCUT2D eigenvalue weighted by Gasteiger charge is -2.17. The number of rotatable bonds is 3. The molecule has 0 amide bonds. The molecule has 1 atom stereocenters. The van der Waals surface area contributed by atoms with Crippen LogP contribution in [0.3, 0.4) is 0 Å². The van der Waals surface area contributed by atoms with Crippen LogP contribution in [-0.4, -0.2) is 16.8 Å². The van der Waals surface area contributed by atoms with Crippen LogP contribution in [0.5, 0.6) is 0 Å². The Kier molecular flexibility index (Phi) is 2.31. The highest BCUT2D eigenvalue weighted by molar-refractivity contribution is 5.37. The second-order valence-electron chi connectivity index (χ2n) is 3.87. The Bertz CT molecular complexity index is 334. The van der Waals surface area contributed by atoms with Crippen LogP contribution < -0.4 is 5.73 Å². The zero-order chi connectivity index (χ0) is 10.2. The summed E-state index contributed by atoms with van der Waals surface area (Å²) in [5.41, 5.74) is 6.29. The Morgan fingerprint density at radius 1 is 1.36 bits per heavy atom. The molecular formula is C11H15NO2. The lowest BCUT2D eigenvalue weighted by Crippen LogP contribution is -2.17. The van der Waals surface area contributed by atoms with Gasteiger partial charge >= 0.3 is 0 Å². The first-order valence-electron chi connectivity index (χ1n) is 4.87. The number of benzene rings is 1. The van der Waals surface area contributed by atoms with E-state index in [1.54, 1.807) is 0 Å². The number of aliphatic hydroxyl groups is 2. The van der Waals surface area contributed by atoms with E-state index in [0.717, 1.165) is 24.0 Å². The highest BCUT2D eigenvalue weighted by atomic mass is 16.3. The smallest absolute Gasteiger partial charge is 0.0915 e. The molecule has 1 unspecified atom stereocenters. The van der Waals surface area contributed by atoms with E-state index in [9.17, 15) is 10.2 Å². The normalized spacial score (nSPS) is 20.5. The molecule has 4 N–H and O–H groups in total. The van der Waals surface area contributed by atoms with E-state index in [1.807, 2.05) is 24.3 Å². The van der Waals surface area contributed by atoms with Crippen LogP contribution in [0, 0.1) is 0 Å². The molecule has 14 heavy (non-hydrogen) atoms. The van der Waals surface area contributed by atoms with Gasteiger partial charge in [0, 0.05) is 6.54 Å². The van der Waals surface area contributed by atoms with Crippen molar-refractivity contribution in [2.75, 3.05) is 6.54 Å². The summed E-state index contributed by atoms with van der Waals surface area (Å²) in [4.78, 5) is 0. The van der Waals surface area contributed by atoms with Crippen LogP contribution in [0.4, 0.5) is 0 Å². The fraction of sp³-hybridized carbons (Fsp3) is 0.455. The minimum Gasteiger partial charge on any atom is -0.387 e. The lowest BCUT2D eigenvalue weighted by molar-refractivity contribution is 0.139. The minimum absolute atomic E-state index is 0.188. The second-order valence-corrected chi connectivity index (χ2v) is 3.87. The Morgan fingerprint density at radius 3 is 2.57 bits per heavy atom. The molecule has 0 spiro atoms. The molecule has 1 aliphatic rings. The fourth-order valence-corrected chi connectivity index (χ4v) is 1.73. The van der Waals surface area contributed by atoms with Gasteiger partial charge in [0.2, 0.25) is 0 Å². The molecule has 1 saturated carbocycles. The summed E-state index contributed by atoms with van der Waals surface area (Å²) >= 11 is 0. The highest BCUT2D eigenvalue weighted by Gasteiger charge is 2.43. The van der Waals surface area contributed by atoms with Gasteiger partial charge in [-0.15, -0.1) is 0 Å². The zero-order valence-corrected chi connectivity index (χ0v) is 7.98. The molecule has 3 heteroatoms. The van der Waals surface area contributed by atoms with Crippen LogP contribution in [0.2, 0.25) is 0 Å². The molecule has 1 aliphatic carbocycles. The van der Waals surface area contributed by atoms with Gasteiger partial charge in [-0.25, -0.2) is 0 Å². The Morgan fingerprint density at radius 2 is 2.00 bits per heavy atom. The van der Waals surface area contributed by atoms with Crippen molar-refractivity contribution in [1.29, 1.82) is 0 Å². The zero-order valence-electron chi connectivity index (χ0n) is 7.98. The molecule has 0 aliphatic heterocycles. The van der Waals surface area contributed by atoms with Crippen molar-refractivity contribution < 1.29 is 10.2 Å². The Labute approximate surface area is 83.2 Å². The van der Waals surface area contributed by atoms with Gasteiger partial charge in [0.25, 0.3) is 0 Å². The van der Waals surface area contributed by atoms with Gasteiger partial charge in [0.1, 0.15) is 0 Å². The average Bonchev–Trinajstić information content (AvgIpc) is 2.97. The van der Waals surface area contributed by atoms with Gasteiger partial charge in [-0.05, 0) is 24.0 Å². The topological polar surface area (TPSA) is 66.5 Å². The van der Waals surface area contributed by atoms with E-state index in [0.29, 0.717) is 0 Å². The predicted molar refractivity (Wildman–Crippen MR) is 53.6 cm³/mol. The summed E-state index contributed by atoms with van der Waals surface area (Å²) in [6.45, 7) is 0.188. The third kappa shape index (κ3) is 1.54. The van der Waals surface area contributed by atoms with Crippen molar-refractivity contribution >= 4 is 0 Å². The highest BCUT2D eigenvalue weighted by Crippen LogP contribution is 2.47. The molecule has 76 valence electrons. The molecule has 0 bridgehead atoms. The molecule has 2 rings (SSSR count). The third-order valence-corrected chi connectivity index (χ3v) is 2.77. The first-order valence-corrected chi connectivity index (χ1v) is 4.87. The average molecular weight is 193 g/mol. The maximum absolute atomic E-state index is 9.97. The van der Waals surface area contributed by atoms with E-state index in [-0.39, 0.29) is 6.54 Å². The molecule has 1 fully saturated rings. The van der Waals surface area contributed by atoms with Crippen LogP contribution in [0.1, 0.15) is 30.1 Å². The Balaban J connectivity index is 2.38. The van der Waals surface area contributed by atoms with Crippen molar-refractivity contribution in [3.8, 4) is 0 Å². The van der Waals surface area contributed by atoms with Gasteiger partial charge in [0.15, 0.2) is 0 Å². The number of hydrogen-bond acceptors (Lipinski definition) is 3. The van der Waals surface area contributed by atoms with E-state index in [1.165, 1.54) is 0 Å². The Hall–Kier alpha value is -0.900. The quantitative estimate of drug-likeness (QED) is 0.660. The molecule has 0 saturated heterocycles. The minimum atomic E-state index is -0.702. The monoisotopic (exact) mass is 193 g/mol. The third-order valence-electron chi connectivity index (χ3n) is 2.77. The molecule has 1 aromatic rings. The van der Waals surface area contributed by atoms with Gasteiger partial charge in [-0.1, -0.05) is 24.3 Å². The van der Waals surface area contributed by atoms with E-state index >= 15 is 0 Å². The lowest BCUT2D eigenvalue weighted by atomic mass is 9.97. The SMILES string of the molecule is NCC(O)c1ccccc1C1(O)CC1. The van der Waals surface area contributed by atoms with E-state index in [2.05, 4.69) is 0 Å². The summed E-state index contributed by atoms with van der Waals surface area (Å²) in [5.74, 6) is 0. The fourth-order valence-electron chi connectivity index (χ4n) is 1.73. The maximum Gasteiger partial charge on any atom is 0.0915 e. The summed E-state index contributed by atoms with van der Waals surface area (Å²) in [6, 6.07) is 7.41. The molecule has 0 heterocycles. The predicted octanol–water partition coefficient (Wildman–Crippen LogP) is 0.660. The number of hydrogen-bond donors (Lipinski definition) is 3. The summed E-state index contributed by atoms with van der Waals surface area (Å²) in [7, 11) is 0. The maximum atomic E-state index is 9.97. The largest absolute Gasteiger partial charge is 0.387 e. The summed E-state index contributed by atoms with van der Waals surface area (Å²) in [6.07, 6.45) is 0.888. The molecule has 0 radical (unpaired) electrons. The van der Waals surface area contributed by atoms with Crippen molar-refractivity contribution in [3.05, 3.63) is 35.4 Å². The van der Waals surface area contributed by atoms with Gasteiger partial charge in [-0.3, -0.25) is 0 Å². The molecule has 3 nitrogen and oxygen atoms in total. The first-order chi connectivity index (χ1) is 6.67. The van der Waals surface area contributed by atoms with Gasteiger partial charge < -0.3 is 15.9 Å². The van der Waals surface area contributed by atoms with Crippen LogP contribution >= 0.6 is 0 Å². The van der Waals surface area contributed by atoms with Crippen LogP contribution in [0.25, 0.3) is 0 Å². The number of nitrogens with two attached hydrogens (primary N) is 1. The van der Waals surface area contributed by atoms with E-state index < -0.39 is 11.7 Å². The van der Waals surface area contributed by atoms with Crippen molar-refractivity contribution in [3.63, 3.8) is 0 Å². The van der Waals surface area contributed by atoms with Crippen LogP contribution in [0.15, 0.2) is 24.3 Å².